The van der Waals surface area contributed by atoms with Crippen molar-refractivity contribution in [1.29, 1.82) is 0 Å². The summed E-state index contributed by atoms with van der Waals surface area (Å²) in [6, 6.07) is 18.9. The number of hydrogen-bond acceptors (Lipinski definition) is 5. The van der Waals surface area contributed by atoms with Crippen LogP contribution in [0.4, 0.5) is 0 Å². The molecule has 0 spiro atoms. The number of nitrogens with one attached hydrogen (secondary N) is 2. The molecule has 2 N–H and O–H groups in total. The zero-order valence-corrected chi connectivity index (χ0v) is 19.5. The minimum absolute atomic E-state index is 0.0367. The smallest absolute Gasteiger partial charge is 0.186 e. The number of ether oxygens (including phenoxy) is 4. The second-order valence-electron chi connectivity index (χ2n) is 9.67. The van der Waals surface area contributed by atoms with Gasteiger partial charge in [0.15, 0.2) is 18.4 Å². The summed E-state index contributed by atoms with van der Waals surface area (Å²) in [7, 11) is 1.74. The van der Waals surface area contributed by atoms with E-state index >= 15 is 0 Å². The molecule has 3 aromatic rings. The van der Waals surface area contributed by atoms with Gasteiger partial charge in [-0.3, -0.25) is 0 Å². The normalized spacial score (nSPS) is 32.4. The Morgan fingerprint density at radius 2 is 1.97 bits per heavy atom. The van der Waals surface area contributed by atoms with E-state index in [1.165, 1.54) is 16.5 Å². The molecule has 0 radical (unpaired) electrons. The van der Waals surface area contributed by atoms with Crippen molar-refractivity contribution < 1.29 is 18.9 Å². The monoisotopic (exact) mass is 460 g/mol. The average molecular weight is 461 g/mol. The van der Waals surface area contributed by atoms with Crippen molar-refractivity contribution in [3.8, 4) is 0 Å². The van der Waals surface area contributed by atoms with E-state index in [0.717, 1.165) is 36.9 Å². The van der Waals surface area contributed by atoms with Crippen molar-refractivity contribution >= 4 is 10.9 Å². The van der Waals surface area contributed by atoms with Crippen LogP contribution in [0.1, 0.15) is 24.0 Å². The van der Waals surface area contributed by atoms with Crippen LogP contribution in [0.2, 0.25) is 0 Å². The van der Waals surface area contributed by atoms with Gasteiger partial charge in [-0.05, 0) is 48.1 Å². The lowest BCUT2D eigenvalue weighted by molar-refractivity contribution is -0.448. The van der Waals surface area contributed by atoms with Gasteiger partial charge in [0, 0.05) is 36.7 Å². The van der Waals surface area contributed by atoms with Crippen LogP contribution in [0.5, 0.6) is 0 Å². The second-order valence-corrected chi connectivity index (χ2v) is 9.67. The van der Waals surface area contributed by atoms with E-state index in [-0.39, 0.29) is 24.2 Å². The van der Waals surface area contributed by atoms with E-state index in [2.05, 4.69) is 59.5 Å². The fraction of sp³-hybridized carbons (Fsp3) is 0.429. The van der Waals surface area contributed by atoms with Crippen molar-refractivity contribution in [3.63, 3.8) is 0 Å². The highest BCUT2D eigenvalue weighted by atomic mass is 16.8. The van der Waals surface area contributed by atoms with Crippen LogP contribution in [0, 0.1) is 11.8 Å². The number of methoxy groups -OCH3 is 1. The number of aromatic nitrogens is 1. The SMILES string of the molecule is C=C1[C@@H]2O[C@@H](OCc3ccccc3)[C@H]3[C@H]1C[C@@H](NCCc1c[nH]c4ccccc14)C[C@@]3(OC)O2. The Kier molecular flexibility index (Phi) is 5.79. The van der Waals surface area contributed by atoms with Crippen molar-refractivity contribution in [1.82, 2.24) is 10.3 Å². The maximum Gasteiger partial charge on any atom is 0.186 e. The third-order valence-corrected chi connectivity index (χ3v) is 7.75. The van der Waals surface area contributed by atoms with Gasteiger partial charge in [0.2, 0.25) is 0 Å². The van der Waals surface area contributed by atoms with E-state index in [1.54, 1.807) is 7.11 Å². The summed E-state index contributed by atoms with van der Waals surface area (Å²) < 4.78 is 24.9. The molecule has 1 saturated carbocycles. The van der Waals surface area contributed by atoms with Crippen LogP contribution < -0.4 is 5.32 Å². The summed E-state index contributed by atoms with van der Waals surface area (Å²) >= 11 is 0. The lowest BCUT2D eigenvalue weighted by Crippen LogP contribution is -2.69. The van der Waals surface area contributed by atoms with Gasteiger partial charge in [0.05, 0.1) is 12.5 Å². The van der Waals surface area contributed by atoms with Crippen molar-refractivity contribution in [2.24, 2.45) is 11.8 Å². The van der Waals surface area contributed by atoms with Gasteiger partial charge in [-0.2, -0.15) is 0 Å². The molecule has 4 aliphatic rings. The number of benzene rings is 2. The fourth-order valence-electron chi connectivity index (χ4n) is 6.05. The lowest BCUT2D eigenvalue weighted by atomic mass is 9.66. The highest BCUT2D eigenvalue weighted by Crippen LogP contribution is 2.56. The Balaban J connectivity index is 1.13. The van der Waals surface area contributed by atoms with Crippen LogP contribution in [0.15, 0.2) is 72.9 Å². The molecule has 6 nitrogen and oxygen atoms in total. The van der Waals surface area contributed by atoms with E-state index in [9.17, 15) is 0 Å². The summed E-state index contributed by atoms with van der Waals surface area (Å²) in [5, 5.41) is 5.06. The number of hydrogen-bond donors (Lipinski definition) is 2. The topological polar surface area (TPSA) is 64.7 Å². The molecule has 3 saturated heterocycles. The van der Waals surface area contributed by atoms with Crippen LogP contribution in [-0.4, -0.2) is 43.0 Å². The summed E-state index contributed by atoms with van der Waals surface area (Å²) in [4.78, 5) is 3.37. The molecule has 4 heterocycles. The second kappa shape index (κ2) is 8.95. The Hall–Kier alpha value is -2.48. The van der Waals surface area contributed by atoms with Crippen molar-refractivity contribution in [2.75, 3.05) is 13.7 Å². The molecule has 4 fully saturated rings. The molecule has 2 aromatic carbocycles. The number of para-hydroxylation sites is 1. The lowest BCUT2D eigenvalue weighted by Gasteiger charge is -2.61. The number of fused-ring (bicyclic) bond motifs is 2. The summed E-state index contributed by atoms with van der Waals surface area (Å²) in [5.74, 6) is -0.537. The summed E-state index contributed by atoms with van der Waals surface area (Å²) in [5.41, 5.74) is 4.65. The van der Waals surface area contributed by atoms with Crippen LogP contribution in [0.3, 0.4) is 0 Å². The van der Waals surface area contributed by atoms with Crippen LogP contribution >= 0.6 is 0 Å². The molecule has 178 valence electrons. The highest BCUT2D eigenvalue weighted by Gasteiger charge is 2.64. The first kappa shape index (κ1) is 22.0. The van der Waals surface area contributed by atoms with Gasteiger partial charge in [-0.1, -0.05) is 55.1 Å². The van der Waals surface area contributed by atoms with Crippen LogP contribution in [0.25, 0.3) is 10.9 Å². The van der Waals surface area contributed by atoms with E-state index in [1.807, 2.05) is 18.2 Å². The molecule has 1 aromatic heterocycles. The summed E-state index contributed by atoms with van der Waals surface area (Å²) in [6.45, 7) is 5.73. The zero-order valence-electron chi connectivity index (χ0n) is 19.5. The molecule has 0 amide bonds. The molecule has 6 heteroatoms. The largest absolute Gasteiger partial charge is 0.361 e. The predicted molar refractivity (Wildman–Crippen MR) is 130 cm³/mol. The number of aromatic amines is 1. The third kappa shape index (κ3) is 3.80. The molecule has 34 heavy (non-hydrogen) atoms. The first-order valence-electron chi connectivity index (χ1n) is 12.2. The fourth-order valence-corrected chi connectivity index (χ4v) is 6.05. The Bertz CT molecular complexity index is 1160. The molecule has 3 aliphatic heterocycles. The maximum atomic E-state index is 6.36. The minimum atomic E-state index is -0.729. The molecule has 1 aliphatic carbocycles. The first-order chi connectivity index (χ1) is 16.7. The highest BCUT2D eigenvalue weighted by molar-refractivity contribution is 5.83. The molecular weight excluding hydrogens is 428 g/mol. The van der Waals surface area contributed by atoms with Gasteiger partial charge in [-0.25, -0.2) is 0 Å². The van der Waals surface area contributed by atoms with Crippen LogP contribution in [-0.2, 0) is 32.0 Å². The average Bonchev–Trinajstić information content (AvgIpc) is 3.29. The zero-order chi connectivity index (χ0) is 23.1. The quantitative estimate of drug-likeness (QED) is 0.484. The first-order valence-corrected chi connectivity index (χ1v) is 12.2. The molecular formula is C28H32N2O4. The van der Waals surface area contributed by atoms with E-state index in [0.29, 0.717) is 6.61 Å². The number of H-pyrrole nitrogens is 1. The van der Waals surface area contributed by atoms with Gasteiger partial charge in [-0.15, -0.1) is 0 Å². The molecule has 0 unspecified atom stereocenters. The van der Waals surface area contributed by atoms with Gasteiger partial charge < -0.3 is 29.2 Å². The standard InChI is InChI=1S/C28H32N2O4/c1-18-23-14-21(29-13-12-20-16-30-24-11-7-6-10-22(20)24)15-28(31-2)25(23)27(33-26(18)34-28)32-17-19-8-4-3-5-9-19/h3-11,16,21,23,25-27,29-30H,1,12-15,17H2,2H3/t21-,23+,25-,26-,27-,28-/m1/s1. The molecule has 6 atom stereocenters. The predicted octanol–water partition coefficient (Wildman–Crippen LogP) is 4.52. The van der Waals surface area contributed by atoms with Crippen molar-refractivity contribution in [3.05, 3.63) is 84.1 Å². The van der Waals surface area contributed by atoms with E-state index < -0.39 is 12.1 Å². The Labute approximate surface area is 200 Å². The Morgan fingerprint density at radius 1 is 1.15 bits per heavy atom. The van der Waals surface area contributed by atoms with Gasteiger partial charge in [0.25, 0.3) is 0 Å². The van der Waals surface area contributed by atoms with Gasteiger partial charge >= 0.3 is 0 Å². The van der Waals surface area contributed by atoms with E-state index in [4.69, 9.17) is 18.9 Å². The third-order valence-electron chi connectivity index (χ3n) is 7.75. The molecule has 4 bridgehead atoms. The van der Waals surface area contributed by atoms with Gasteiger partial charge in [0.1, 0.15) is 0 Å². The summed E-state index contributed by atoms with van der Waals surface area (Å²) in [6.07, 6.45) is 3.97. The maximum absolute atomic E-state index is 6.36. The Morgan fingerprint density at radius 3 is 2.82 bits per heavy atom. The minimum Gasteiger partial charge on any atom is -0.361 e. The molecule has 7 rings (SSSR count). The number of rotatable bonds is 8. The van der Waals surface area contributed by atoms with Crippen molar-refractivity contribution in [2.45, 2.75) is 50.3 Å².